The molecule has 11 aromatic rings. The Bertz CT molecular complexity index is 3730. The molecular formula is C67H48N2. The second-order valence-electron chi connectivity index (χ2n) is 18.4. The summed E-state index contributed by atoms with van der Waals surface area (Å²) >= 11 is 0. The van der Waals surface area contributed by atoms with Gasteiger partial charge in [0.2, 0.25) is 0 Å². The van der Waals surface area contributed by atoms with Gasteiger partial charge in [-0.15, -0.1) is 0 Å². The summed E-state index contributed by atoms with van der Waals surface area (Å²) in [6.45, 7) is 0. The van der Waals surface area contributed by atoms with Crippen molar-refractivity contribution in [2.45, 2.75) is 18.3 Å². The lowest BCUT2D eigenvalue weighted by molar-refractivity contribution is 0.768. The number of nitrogens with zero attached hydrogens (tertiary/aromatic N) is 2. The fourth-order valence-corrected chi connectivity index (χ4v) is 11.5. The van der Waals surface area contributed by atoms with E-state index in [9.17, 15) is 0 Å². The minimum absolute atomic E-state index is 0.501. The van der Waals surface area contributed by atoms with Crippen LogP contribution in [-0.4, -0.2) is 4.57 Å². The minimum Gasteiger partial charge on any atom is -0.314 e. The third-order valence-electron chi connectivity index (χ3n) is 14.6. The molecule has 1 aromatic heterocycles. The molecule has 2 aliphatic carbocycles. The summed E-state index contributed by atoms with van der Waals surface area (Å²) in [5.74, 6) is 0. The lowest BCUT2D eigenvalue weighted by atomic mass is 9.67. The molecule has 0 amide bonds. The molecule has 2 nitrogen and oxygen atoms in total. The normalized spacial score (nSPS) is 13.7. The van der Waals surface area contributed by atoms with Gasteiger partial charge in [-0.05, 0) is 146 Å². The molecule has 0 unspecified atom stereocenters. The summed E-state index contributed by atoms with van der Waals surface area (Å²) in [4.78, 5) is 2.52. The number of fused-ring (bicyclic) bond motifs is 6. The predicted molar refractivity (Wildman–Crippen MR) is 289 cm³/mol. The van der Waals surface area contributed by atoms with Crippen molar-refractivity contribution in [2.75, 3.05) is 4.90 Å². The van der Waals surface area contributed by atoms with Crippen molar-refractivity contribution in [1.82, 2.24) is 4.57 Å². The average Bonchev–Trinajstić information content (AvgIpc) is 3.92. The van der Waals surface area contributed by atoms with Crippen molar-refractivity contribution in [2.24, 2.45) is 0 Å². The van der Waals surface area contributed by atoms with Crippen molar-refractivity contribution in [3.63, 3.8) is 0 Å². The molecule has 0 atom stereocenters. The number of benzene rings is 10. The van der Waals surface area contributed by atoms with E-state index in [0.29, 0.717) is 0 Å². The number of aromatic nitrogens is 1. The molecule has 0 saturated carbocycles. The van der Waals surface area contributed by atoms with Gasteiger partial charge in [0.25, 0.3) is 0 Å². The Morgan fingerprint density at radius 2 is 0.913 bits per heavy atom. The van der Waals surface area contributed by atoms with Crippen LogP contribution in [0.25, 0.3) is 66.4 Å². The fraction of sp³-hybridized carbons (Fsp3) is 0.0448. The van der Waals surface area contributed by atoms with Crippen LogP contribution in [0.15, 0.2) is 273 Å². The van der Waals surface area contributed by atoms with Gasteiger partial charge in [-0.2, -0.15) is 0 Å². The molecule has 2 heteroatoms. The van der Waals surface area contributed by atoms with Crippen LogP contribution in [0, 0.1) is 0 Å². The summed E-state index contributed by atoms with van der Waals surface area (Å²) in [6, 6.07) is 93.9. The molecule has 0 N–H and O–H groups in total. The molecule has 2 aliphatic rings. The molecule has 13 rings (SSSR count). The first kappa shape index (κ1) is 40.5. The third-order valence-corrected chi connectivity index (χ3v) is 14.6. The summed E-state index contributed by atoms with van der Waals surface area (Å²) in [5.41, 5.74) is 21.7. The monoisotopic (exact) mass is 880 g/mol. The Balaban J connectivity index is 0.949. The Morgan fingerprint density at radius 3 is 1.64 bits per heavy atom. The maximum absolute atomic E-state index is 2.52. The molecule has 0 spiro atoms. The zero-order valence-electron chi connectivity index (χ0n) is 38.2. The highest BCUT2D eigenvalue weighted by molar-refractivity contribution is 6.10. The molecule has 0 bridgehead atoms. The van der Waals surface area contributed by atoms with Gasteiger partial charge in [0.15, 0.2) is 0 Å². The van der Waals surface area contributed by atoms with E-state index >= 15 is 0 Å². The maximum Gasteiger partial charge on any atom is 0.0714 e. The van der Waals surface area contributed by atoms with Crippen molar-refractivity contribution in [3.05, 3.63) is 300 Å². The van der Waals surface area contributed by atoms with E-state index in [2.05, 4.69) is 276 Å². The van der Waals surface area contributed by atoms with Crippen LogP contribution in [0.4, 0.5) is 11.4 Å². The van der Waals surface area contributed by atoms with E-state index in [1.807, 2.05) is 0 Å². The van der Waals surface area contributed by atoms with Gasteiger partial charge in [-0.1, -0.05) is 200 Å². The van der Waals surface area contributed by atoms with Crippen molar-refractivity contribution < 1.29 is 0 Å². The van der Waals surface area contributed by atoms with Gasteiger partial charge in [0.05, 0.1) is 16.4 Å². The van der Waals surface area contributed by atoms with Crippen LogP contribution in [0.1, 0.15) is 40.7 Å². The summed E-state index contributed by atoms with van der Waals surface area (Å²) in [7, 11) is 0. The highest BCUT2D eigenvalue weighted by Gasteiger charge is 2.46. The van der Waals surface area contributed by atoms with Gasteiger partial charge >= 0.3 is 0 Å². The SMILES string of the molecule is C1=C(c2ccccc2)CCC(N(c2cccc(-c3cccc(-c4ccc5c(c4)c4ccccc4n5-c4ccccc4)c3)c2)c2ccc3c(c2)C(c2ccccc2)(c2ccccc2)c2ccccc2-3)=C1. The van der Waals surface area contributed by atoms with E-state index in [1.165, 1.54) is 100.0 Å². The van der Waals surface area contributed by atoms with E-state index < -0.39 is 5.41 Å². The molecule has 1 heterocycles. The molecule has 0 saturated heterocycles. The topological polar surface area (TPSA) is 8.17 Å². The Hall–Kier alpha value is -8.72. The number of rotatable bonds is 9. The molecule has 0 radical (unpaired) electrons. The molecule has 326 valence electrons. The van der Waals surface area contributed by atoms with Crippen molar-refractivity contribution in [3.8, 4) is 39.1 Å². The van der Waals surface area contributed by atoms with Gasteiger partial charge in [-0.25, -0.2) is 0 Å². The van der Waals surface area contributed by atoms with E-state index in [-0.39, 0.29) is 0 Å². The van der Waals surface area contributed by atoms with Crippen molar-refractivity contribution in [1.29, 1.82) is 0 Å². The summed E-state index contributed by atoms with van der Waals surface area (Å²) in [6.07, 6.45) is 6.55. The van der Waals surface area contributed by atoms with Gasteiger partial charge in [0, 0.05) is 33.5 Å². The standard InChI is InChI=1S/C67H48N2/c1-5-19-47(20-6-1)48-35-38-56(39-36-48)68(58-40-41-60-59-31-13-15-33-63(59)67(64(60)46-58,53-24-7-2-8-25-53)54-26-9-3-10-27-54)57-30-18-23-51(44-57)49-21-17-22-50(43-49)52-37-42-66-62(45-52)61-32-14-16-34-65(61)69(66)55-28-11-4-12-29-55/h1-35,37-38,40-46H,36,39H2. The van der Waals surface area contributed by atoms with Gasteiger partial charge in [-0.3, -0.25) is 0 Å². The number of allylic oxidation sites excluding steroid dienone is 4. The largest absolute Gasteiger partial charge is 0.314 e. The first-order valence-electron chi connectivity index (χ1n) is 24.1. The second-order valence-corrected chi connectivity index (χ2v) is 18.4. The Kier molecular flexibility index (Phi) is 9.91. The van der Waals surface area contributed by atoms with Crippen LogP contribution < -0.4 is 4.90 Å². The quantitative estimate of drug-likeness (QED) is 0.140. The summed E-state index contributed by atoms with van der Waals surface area (Å²) in [5, 5.41) is 2.51. The van der Waals surface area contributed by atoms with E-state index in [0.717, 1.165) is 24.2 Å². The molecule has 10 aromatic carbocycles. The zero-order valence-corrected chi connectivity index (χ0v) is 38.2. The Labute approximate surface area is 404 Å². The first-order valence-corrected chi connectivity index (χ1v) is 24.1. The number of para-hydroxylation sites is 2. The molecular weight excluding hydrogens is 833 g/mol. The maximum atomic E-state index is 2.52. The highest BCUT2D eigenvalue weighted by atomic mass is 15.1. The van der Waals surface area contributed by atoms with Crippen LogP contribution in [-0.2, 0) is 5.41 Å². The molecule has 0 fully saturated rings. The van der Waals surface area contributed by atoms with E-state index in [1.54, 1.807) is 0 Å². The zero-order chi connectivity index (χ0) is 45.7. The van der Waals surface area contributed by atoms with Gasteiger partial charge < -0.3 is 9.47 Å². The van der Waals surface area contributed by atoms with Crippen LogP contribution in [0.2, 0.25) is 0 Å². The average molecular weight is 881 g/mol. The van der Waals surface area contributed by atoms with E-state index in [4.69, 9.17) is 0 Å². The Morgan fingerprint density at radius 1 is 0.348 bits per heavy atom. The smallest absolute Gasteiger partial charge is 0.0714 e. The second kappa shape index (κ2) is 16.9. The minimum atomic E-state index is -0.501. The lowest BCUT2D eigenvalue weighted by Gasteiger charge is -2.35. The first-order chi connectivity index (χ1) is 34.2. The number of hydrogen-bond donors (Lipinski definition) is 0. The van der Waals surface area contributed by atoms with Crippen LogP contribution in [0.5, 0.6) is 0 Å². The van der Waals surface area contributed by atoms with Crippen LogP contribution in [0.3, 0.4) is 0 Å². The number of anilines is 2. The predicted octanol–water partition coefficient (Wildman–Crippen LogP) is 17.4. The highest BCUT2D eigenvalue weighted by Crippen LogP contribution is 2.57. The van der Waals surface area contributed by atoms with Crippen LogP contribution >= 0.6 is 0 Å². The fourth-order valence-electron chi connectivity index (χ4n) is 11.5. The summed E-state index contributed by atoms with van der Waals surface area (Å²) < 4.78 is 2.38. The number of hydrogen-bond acceptors (Lipinski definition) is 1. The third kappa shape index (κ3) is 6.79. The van der Waals surface area contributed by atoms with Gasteiger partial charge in [0.1, 0.15) is 0 Å². The van der Waals surface area contributed by atoms with Crippen molar-refractivity contribution >= 4 is 38.8 Å². The lowest BCUT2D eigenvalue weighted by Crippen LogP contribution is -2.29. The molecule has 0 aliphatic heterocycles. The molecule has 69 heavy (non-hydrogen) atoms.